The van der Waals surface area contributed by atoms with Crippen molar-refractivity contribution in [1.29, 1.82) is 0 Å². The van der Waals surface area contributed by atoms with Gasteiger partial charge in [-0.25, -0.2) is 9.36 Å². The molecule has 0 aliphatic rings. The van der Waals surface area contributed by atoms with E-state index in [1.54, 1.807) is 12.3 Å². The first-order valence-corrected chi connectivity index (χ1v) is 6.82. The third-order valence-corrected chi connectivity index (χ3v) is 3.37. The van der Waals surface area contributed by atoms with Crippen molar-refractivity contribution in [1.82, 2.24) is 4.98 Å². The molecular weight excluding hydrogens is 288 g/mol. The zero-order valence-corrected chi connectivity index (χ0v) is 12.1. The minimum atomic E-state index is -0.318. The molecule has 3 aromatic rings. The van der Waals surface area contributed by atoms with Crippen molar-refractivity contribution in [2.45, 2.75) is 28.4 Å². The van der Waals surface area contributed by atoms with Crippen molar-refractivity contribution in [3.63, 3.8) is 0 Å². The number of fused-ring (bicyclic) bond motifs is 1. The Morgan fingerprint density at radius 2 is 2.04 bits per heavy atom. The van der Waals surface area contributed by atoms with Crippen LogP contribution in [0.3, 0.4) is 0 Å². The number of hydrogen-bond donors (Lipinski definition) is 1. The number of nitrogens with one attached hydrogen (secondary N) is 1. The van der Waals surface area contributed by atoms with Crippen molar-refractivity contribution in [3.8, 4) is 0 Å². The second kappa shape index (κ2) is 7.58. The number of benzene rings is 1. The standard InChI is InChI=1S/C17H17N2O2.2CH4.H/c1-12-5-6-16-14(8-12)9-15(18-16)11-21-17(20)13-4-3-7-19(2)10-13;;;/h3-10,18H,11H2,1-2H3;2*1H4;/q+1;;;-1/i;;;1+2. The highest BCUT2D eigenvalue weighted by Crippen LogP contribution is 2.17. The number of carbonyl (C=O) groups is 1. The van der Waals surface area contributed by atoms with Crippen LogP contribution in [0.15, 0.2) is 48.8 Å². The van der Waals surface area contributed by atoms with Crippen LogP contribution < -0.4 is 4.57 Å². The first-order valence-electron chi connectivity index (χ1n) is 6.82. The molecule has 2 heterocycles. The van der Waals surface area contributed by atoms with E-state index in [-0.39, 0.29) is 28.9 Å². The normalized spacial score (nSPS) is 9.83. The third-order valence-electron chi connectivity index (χ3n) is 3.37. The zero-order valence-electron chi connectivity index (χ0n) is 13.1. The van der Waals surface area contributed by atoms with Gasteiger partial charge >= 0.3 is 5.97 Å². The van der Waals surface area contributed by atoms with Gasteiger partial charge in [-0.15, -0.1) is 0 Å². The third kappa shape index (κ3) is 4.19. The van der Waals surface area contributed by atoms with E-state index < -0.39 is 0 Å². The van der Waals surface area contributed by atoms with Gasteiger partial charge < -0.3 is 11.1 Å². The molecule has 3 rings (SSSR count). The van der Waals surface area contributed by atoms with Crippen LogP contribution in [-0.4, -0.2) is 11.0 Å². The van der Waals surface area contributed by atoms with Gasteiger partial charge in [0.1, 0.15) is 19.2 Å². The van der Waals surface area contributed by atoms with Crippen LogP contribution in [0.4, 0.5) is 0 Å². The smallest absolute Gasteiger partial charge is 0.344 e. The first-order chi connectivity index (χ1) is 10.1. The molecule has 23 heavy (non-hydrogen) atoms. The maximum atomic E-state index is 12.0. The highest BCUT2D eigenvalue weighted by atomic mass is 16.5. The molecule has 1 aromatic carbocycles. The van der Waals surface area contributed by atoms with Gasteiger partial charge in [0.25, 0.3) is 0 Å². The van der Waals surface area contributed by atoms with E-state index >= 15 is 0 Å². The number of nitrogens with zero attached hydrogens (tertiary/aromatic N) is 1. The highest BCUT2D eigenvalue weighted by Gasteiger charge is 2.11. The molecule has 0 aliphatic carbocycles. The lowest BCUT2D eigenvalue weighted by Gasteiger charge is -2.02. The summed E-state index contributed by atoms with van der Waals surface area (Å²) < 4.78 is 7.17. The molecule has 0 aliphatic heterocycles. The van der Waals surface area contributed by atoms with Crippen LogP contribution in [0.5, 0.6) is 0 Å². The molecule has 0 spiro atoms. The summed E-state index contributed by atoms with van der Waals surface area (Å²) in [6.07, 6.45) is 3.62. The molecule has 0 amide bonds. The second-order valence-electron chi connectivity index (χ2n) is 5.22. The number of H-pyrrole nitrogens is 1. The van der Waals surface area contributed by atoms with Gasteiger partial charge in [0.2, 0.25) is 0 Å². The molecule has 2 aromatic heterocycles. The minimum Gasteiger partial charge on any atom is -1.00 e. The fraction of sp³-hybridized carbons (Fsp3) is 0.263. The lowest BCUT2D eigenvalue weighted by molar-refractivity contribution is -0.671. The van der Waals surface area contributed by atoms with Crippen LogP contribution >= 0.6 is 0 Å². The van der Waals surface area contributed by atoms with E-state index in [1.165, 1.54) is 5.56 Å². The number of esters is 1. The zero-order chi connectivity index (χ0) is 14.8. The summed E-state index contributed by atoms with van der Waals surface area (Å²) in [6.45, 7) is 2.30. The largest absolute Gasteiger partial charge is 1.00 e. The maximum Gasteiger partial charge on any atom is 0.344 e. The number of carbonyl (C=O) groups excluding carboxylic acids is 1. The topological polar surface area (TPSA) is 46.0 Å². The van der Waals surface area contributed by atoms with Gasteiger partial charge in [-0.1, -0.05) is 26.5 Å². The predicted octanol–water partition coefficient (Wildman–Crippen LogP) is 4.04. The molecule has 4 heteroatoms. The van der Waals surface area contributed by atoms with E-state index in [9.17, 15) is 4.79 Å². The van der Waals surface area contributed by atoms with Crippen LogP contribution in [0.1, 0.15) is 37.9 Å². The Morgan fingerprint density at radius 1 is 1.26 bits per heavy atom. The lowest BCUT2D eigenvalue weighted by Crippen LogP contribution is -2.28. The van der Waals surface area contributed by atoms with Crippen LogP contribution in [-0.2, 0) is 18.4 Å². The Balaban J connectivity index is 0.00000176. The Labute approximate surface area is 139 Å². The van der Waals surface area contributed by atoms with Gasteiger partial charge in [0, 0.05) is 17.0 Å². The van der Waals surface area contributed by atoms with E-state index in [4.69, 9.17) is 4.74 Å². The summed E-state index contributed by atoms with van der Waals surface area (Å²) in [7, 11) is 1.87. The van der Waals surface area contributed by atoms with Crippen molar-refractivity contribution in [3.05, 3.63) is 65.6 Å². The number of ether oxygens (including phenoxy) is 1. The first kappa shape index (κ1) is 18.4. The van der Waals surface area contributed by atoms with Crippen molar-refractivity contribution < 1.29 is 15.5 Å². The van der Waals surface area contributed by atoms with Crippen LogP contribution in [0.2, 0.25) is 0 Å². The fourth-order valence-corrected chi connectivity index (χ4v) is 2.33. The molecule has 124 valence electrons. The molecule has 0 saturated heterocycles. The molecule has 4 nitrogen and oxygen atoms in total. The van der Waals surface area contributed by atoms with E-state index in [0.29, 0.717) is 5.56 Å². The summed E-state index contributed by atoms with van der Waals surface area (Å²) in [5, 5.41) is 1.13. The van der Waals surface area contributed by atoms with Crippen molar-refractivity contribution >= 4 is 16.9 Å². The van der Waals surface area contributed by atoms with Gasteiger partial charge in [-0.05, 0) is 31.2 Å². The maximum absolute atomic E-state index is 12.0. The number of pyridine rings is 1. The van der Waals surface area contributed by atoms with Gasteiger partial charge in [-0.3, -0.25) is 0 Å². The number of aromatic nitrogens is 2. The average Bonchev–Trinajstić information content (AvgIpc) is 2.86. The Kier molecular flexibility index (Phi) is 6.08. The van der Waals surface area contributed by atoms with Crippen molar-refractivity contribution in [2.75, 3.05) is 0 Å². The van der Waals surface area contributed by atoms with Gasteiger partial charge in [-0.2, -0.15) is 0 Å². The summed E-state index contributed by atoms with van der Waals surface area (Å²) >= 11 is 0. The molecule has 0 atom stereocenters. The number of rotatable bonds is 3. The Hall–Kier alpha value is -2.62. The SMILES string of the molecule is C.C.Cc1ccc2[nH]c(COC(=O)c3ccc[n+](C)c3)cc2c1.[3H-]. The number of aromatic amines is 1. The van der Waals surface area contributed by atoms with Crippen LogP contribution in [0, 0.1) is 6.92 Å². The van der Waals surface area contributed by atoms with E-state index in [1.807, 2.05) is 36.0 Å². The summed E-state index contributed by atoms with van der Waals surface area (Å²) in [6, 6.07) is 11.8. The molecule has 0 bridgehead atoms. The average molecular weight is 316 g/mol. The summed E-state index contributed by atoms with van der Waals surface area (Å²) in [4.78, 5) is 15.2. The minimum absolute atomic E-state index is 0. The fourth-order valence-electron chi connectivity index (χ4n) is 2.33. The number of aryl methyl sites for hydroxylation is 2. The molecule has 0 saturated carbocycles. The Morgan fingerprint density at radius 3 is 2.78 bits per heavy atom. The highest BCUT2D eigenvalue weighted by molar-refractivity contribution is 5.88. The molecule has 1 N–H and O–H groups in total. The monoisotopic (exact) mass is 316 g/mol. The summed E-state index contributed by atoms with van der Waals surface area (Å²) in [5.74, 6) is -0.318. The molecular formula is C19H26N2O2. The van der Waals surface area contributed by atoms with Gasteiger partial charge in [0.05, 0.1) is 5.69 Å². The van der Waals surface area contributed by atoms with E-state index in [2.05, 4.69) is 24.0 Å². The van der Waals surface area contributed by atoms with Crippen molar-refractivity contribution in [2.24, 2.45) is 7.05 Å². The molecule has 0 unspecified atom stereocenters. The second-order valence-corrected chi connectivity index (χ2v) is 5.22. The van der Waals surface area contributed by atoms with Gasteiger partial charge in [0.15, 0.2) is 12.4 Å². The van der Waals surface area contributed by atoms with E-state index in [0.717, 1.165) is 16.6 Å². The number of hydrogen-bond acceptors (Lipinski definition) is 2. The quantitative estimate of drug-likeness (QED) is 0.585. The summed E-state index contributed by atoms with van der Waals surface area (Å²) in [5.41, 5.74) is 3.70. The lowest BCUT2D eigenvalue weighted by atomic mass is 10.2. The predicted molar refractivity (Wildman–Crippen MR) is 94.3 cm³/mol. The Bertz CT molecular complexity index is 812. The van der Waals surface area contributed by atoms with Crippen LogP contribution in [0.25, 0.3) is 10.9 Å². The molecule has 0 fully saturated rings. The molecule has 0 radical (unpaired) electrons.